The van der Waals surface area contributed by atoms with Gasteiger partial charge in [0.25, 0.3) is 0 Å². The molecule has 0 bridgehead atoms. The van der Waals surface area contributed by atoms with E-state index in [-0.39, 0.29) is 18.4 Å². The Morgan fingerprint density at radius 2 is 2.33 bits per heavy atom. The fourth-order valence-electron chi connectivity index (χ4n) is 2.54. The van der Waals surface area contributed by atoms with Crippen LogP contribution in [0.15, 0.2) is 12.5 Å². The summed E-state index contributed by atoms with van der Waals surface area (Å²) in [6.45, 7) is 2.64. The summed E-state index contributed by atoms with van der Waals surface area (Å²) in [6, 6.07) is -0.930. The third-order valence-corrected chi connectivity index (χ3v) is 3.68. The number of ether oxygens (including phenoxy) is 1. The Kier molecular flexibility index (Phi) is 5.32. The second kappa shape index (κ2) is 7.21. The number of nitrogens with one attached hydrogen (secondary N) is 2. The number of carbonyl (C=O) groups is 2. The Balaban J connectivity index is 1.75. The van der Waals surface area contributed by atoms with Crippen LogP contribution in [-0.4, -0.2) is 45.7 Å². The lowest BCUT2D eigenvalue weighted by Crippen LogP contribution is -2.44. The van der Waals surface area contributed by atoms with Gasteiger partial charge in [-0.2, -0.15) is 0 Å². The lowest BCUT2D eigenvalue weighted by atomic mass is 9.80. The van der Waals surface area contributed by atoms with Gasteiger partial charge in [0, 0.05) is 31.3 Å². The average molecular weight is 295 g/mol. The molecule has 1 aromatic rings. The Bertz CT molecular complexity index is 469. The van der Waals surface area contributed by atoms with Crippen molar-refractivity contribution in [1.29, 1.82) is 0 Å². The molecule has 7 nitrogen and oxygen atoms in total. The van der Waals surface area contributed by atoms with E-state index in [0.717, 1.165) is 12.8 Å². The van der Waals surface area contributed by atoms with E-state index in [2.05, 4.69) is 15.3 Å². The number of carboxylic acids is 1. The Labute approximate surface area is 123 Å². The normalized spacial score (nSPS) is 22.3. The van der Waals surface area contributed by atoms with Crippen LogP contribution in [-0.2, 0) is 20.7 Å². The molecular formula is C14H21N3O4. The molecule has 21 heavy (non-hydrogen) atoms. The molecule has 0 aromatic carbocycles. The molecule has 1 fully saturated rings. The van der Waals surface area contributed by atoms with Gasteiger partial charge in [-0.15, -0.1) is 0 Å². The zero-order valence-corrected chi connectivity index (χ0v) is 12.0. The van der Waals surface area contributed by atoms with E-state index in [0.29, 0.717) is 24.6 Å². The van der Waals surface area contributed by atoms with Crippen molar-refractivity contribution in [1.82, 2.24) is 15.3 Å². The number of nitrogens with zero attached hydrogens (tertiary/aromatic N) is 1. The molecule has 1 aromatic heterocycles. The fourth-order valence-corrected chi connectivity index (χ4v) is 2.54. The second-order valence-corrected chi connectivity index (χ2v) is 5.36. The molecule has 1 amide bonds. The summed E-state index contributed by atoms with van der Waals surface area (Å²) < 4.78 is 5.44. The third kappa shape index (κ3) is 4.56. The van der Waals surface area contributed by atoms with Gasteiger partial charge < -0.3 is 20.1 Å². The molecule has 0 aliphatic heterocycles. The molecule has 7 heteroatoms. The van der Waals surface area contributed by atoms with Crippen LogP contribution in [0.5, 0.6) is 0 Å². The van der Waals surface area contributed by atoms with Crippen molar-refractivity contribution in [3.63, 3.8) is 0 Å². The molecule has 2 rings (SSSR count). The van der Waals surface area contributed by atoms with Gasteiger partial charge >= 0.3 is 5.97 Å². The minimum absolute atomic E-state index is 0.202. The minimum Gasteiger partial charge on any atom is -0.480 e. The number of carboxylic acid groups (broad SMARTS) is 1. The number of aromatic nitrogens is 2. The number of imidazole rings is 1. The number of amides is 1. The molecule has 1 heterocycles. The van der Waals surface area contributed by atoms with Crippen molar-refractivity contribution in [3.8, 4) is 0 Å². The summed E-state index contributed by atoms with van der Waals surface area (Å²) in [5, 5.41) is 11.7. The third-order valence-electron chi connectivity index (χ3n) is 3.68. The van der Waals surface area contributed by atoms with Gasteiger partial charge in [0.05, 0.1) is 12.4 Å². The first kappa shape index (κ1) is 15.5. The highest BCUT2D eigenvalue weighted by molar-refractivity contribution is 5.83. The van der Waals surface area contributed by atoms with Gasteiger partial charge in [-0.25, -0.2) is 9.78 Å². The van der Waals surface area contributed by atoms with E-state index in [1.54, 1.807) is 6.20 Å². The lowest BCUT2D eigenvalue weighted by Gasteiger charge is -2.34. The van der Waals surface area contributed by atoms with Crippen molar-refractivity contribution in [2.24, 2.45) is 5.92 Å². The maximum Gasteiger partial charge on any atom is 0.326 e. The molecule has 116 valence electrons. The van der Waals surface area contributed by atoms with Crippen molar-refractivity contribution in [2.75, 3.05) is 6.61 Å². The number of carbonyl (C=O) groups excluding carboxylic acids is 1. The van der Waals surface area contributed by atoms with Gasteiger partial charge in [-0.1, -0.05) is 0 Å². The first-order valence-corrected chi connectivity index (χ1v) is 7.19. The smallest absolute Gasteiger partial charge is 0.326 e. The Morgan fingerprint density at radius 3 is 2.90 bits per heavy atom. The topological polar surface area (TPSA) is 104 Å². The van der Waals surface area contributed by atoms with Crippen LogP contribution in [0, 0.1) is 5.92 Å². The van der Waals surface area contributed by atoms with Crippen LogP contribution in [0.3, 0.4) is 0 Å². The quantitative estimate of drug-likeness (QED) is 0.655. The largest absolute Gasteiger partial charge is 0.480 e. The first-order valence-electron chi connectivity index (χ1n) is 7.19. The standard InChI is InChI=1S/C14H21N3O4/c1-2-21-11-3-9(4-11)5-13(18)17-12(14(19)20)6-10-7-15-8-16-10/h7-9,11-12H,2-6H2,1H3,(H,15,16)(H,17,18)(H,19,20)/t9?,11?,12-/m1/s1. The molecule has 0 saturated heterocycles. The summed E-state index contributed by atoms with van der Waals surface area (Å²) in [6.07, 6.45) is 5.61. The number of hydrogen-bond donors (Lipinski definition) is 3. The second-order valence-electron chi connectivity index (χ2n) is 5.36. The van der Waals surface area contributed by atoms with Crippen LogP contribution < -0.4 is 5.32 Å². The predicted octanol–water partition coefficient (Wildman–Crippen LogP) is 0.727. The highest BCUT2D eigenvalue weighted by atomic mass is 16.5. The van der Waals surface area contributed by atoms with Gasteiger partial charge in [0.15, 0.2) is 0 Å². The van der Waals surface area contributed by atoms with Gasteiger partial charge in [-0.3, -0.25) is 4.79 Å². The number of aromatic amines is 1. The van der Waals surface area contributed by atoms with Crippen molar-refractivity contribution in [3.05, 3.63) is 18.2 Å². The SMILES string of the molecule is CCOC1CC(CC(=O)N[C@H](Cc2cnc[nH]2)C(=O)O)C1. The molecule has 1 saturated carbocycles. The number of aliphatic carboxylic acids is 1. The van der Waals surface area contributed by atoms with Crippen LogP contribution in [0.2, 0.25) is 0 Å². The monoisotopic (exact) mass is 295 g/mol. The van der Waals surface area contributed by atoms with Crippen molar-refractivity contribution >= 4 is 11.9 Å². The molecule has 1 aliphatic rings. The highest BCUT2D eigenvalue weighted by Gasteiger charge is 2.32. The molecule has 3 N–H and O–H groups in total. The zero-order valence-electron chi connectivity index (χ0n) is 12.0. The molecule has 1 atom stereocenters. The fraction of sp³-hybridized carbons (Fsp3) is 0.643. The van der Waals surface area contributed by atoms with Crippen LogP contribution in [0.1, 0.15) is 31.9 Å². The van der Waals surface area contributed by atoms with Crippen LogP contribution >= 0.6 is 0 Å². The first-order chi connectivity index (χ1) is 10.1. The van der Waals surface area contributed by atoms with E-state index in [9.17, 15) is 9.59 Å². The number of H-pyrrole nitrogens is 1. The molecule has 0 spiro atoms. The van der Waals surface area contributed by atoms with E-state index in [1.807, 2.05) is 6.92 Å². The Hall–Kier alpha value is -1.89. The zero-order chi connectivity index (χ0) is 15.2. The maximum atomic E-state index is 11.9. The number of hydrogen-bond acceptors (Lipinski definition) is 4. The number of rotatable bonds is 8. The van der Waals surface area contributed by atoms with Crippen molar-refractivity contribution < 1.29 is 19.4 Å². The maximum absolute atomic E-state index is 11.9. The van der Waals surface area contributed by atoms with Gasteiger partial charge in [0.1, 0.15) is 6.04 Å². The summed E-state index contributed by atoms with van der Waals surface area (Å²) >= 11 is 0. The molecule has 0 unspecified atom stereocenters. The summed E-state index contributed by atoms with van der Waals surface area (Å²) in [7, 11) is 0. The van der Waals surface area contributed by atoms with E-state index in [4.69, 9.17) is 9.84 Å². The predicted molar refractivity (Wildman–Crippen MR) is 74.6 cm³/mol. The lowest BCUT2D eigenvalue weighted by molar-refractivity contribution is -0.142. The highest BCUT2D eigenvalue weighted by Crippen LogP contribution is 2.32. The van der Waals surface area contributed by atoms with Crippen LogP contribution in [0.25, 0.3) is 0 Å². The van der Waals surface area contributed by atoms with E-state index >= 15 is 0 Å². The molecular weight excluding hydrogens is 274 g/mol. The summed E-state index contributed by atoms with van der Waals surface area (Å²) in [5.41, 5.74) is 0.683. The van der Waals surface area contributed by atoms with Gasteiger partial charge in [0.2, 0.25) is 5.91 Å². The molecule has 1 aliphatic carbocycles. The average Bonchev–Trinajstić information content (AvgIpc) is 2.88. The van der Waals surface area contributed by atoms with Gasteiger partial charge in [-0.05, 0) is 25.7 Å². The Morgan fingerprint density at radius 1 is 1.57 bits per heavy atom. The minimum atomic E-state index is -1.04. The molecule has 0 radical (unpaired) electrons. The summed E-state index contributed by atoms with van der Waals surface area (Å²) in [5.74, 6) is -0.969. The van der Waals surface area contributed by atoms with E-state index < -0.39 is 12.0 Å². The van der Waals surface area contributed by atoms with Crippen molar-refractivity contribution in [2.45, 2.75) is 44.8 Å². The summed E-state index contributed by atoms with van der Waals surface area (Å²) in [4.78, 5) is 29.8. The van der Waals surface area contributed by atoms with E-state index in [1.165, 1.54) is 6.33 Å². The van der Waals surface area contributed by atoms with Crippen LogP contribution in [0.4, 0.5) is 0 Å².